The van der Waals surface area contributed by atoms with Crippen LogP contribution in [-0.2, 0) is 12.8 Å². The number of allylic oxidation sites excluding steroid dienone is 4. The van der Waals surface area contributed by atoms with Gasteiger partial charge in [-0.3, -0.25) is 0 Å². The van der Waals surface area contributed by atoms with Crippen LogP contribution in [0.5, 0.6) is 0 Å². The maximum absolute atomic E-state index is 4.31. The van der Waals surface area contributed by atoms with E-state index in [1.54, 1.807) is 0 Å². The number of hydrogen-bond acceptors (Lipinski definition) is 0. The molecule has 2 rings (SSSR count). The topological polar surface area (TPSA) is 0 Å². The number of hydrogen-bond donors (Lipinski definition) is 0. The lowest BCUT2D eigenvalue weighted by atomic mass is 9.67. The molecule has 1 unspecified atom stereocenters. The highest BCUT2D eigenvalue weighted by molar-refractivity contribution is 5.40. The average Bonchev–Trinajstić information content (AvgIpc) is 2.58. The lowest BCUT2D eigenvalue weighted by Gasteiger charge is -2.38. The second kappa shape index (κ2) is 11.2. The quantitative estimate of drug-likeness (QED) is 0.478. The molecule has 0 N–H and O–H groups in total. The van der Waals surface area contributed by atoms with Gasteiger partial charge in [-0.2, -0.15) is 0 Å². The van der Waals surface area contributed by atoms with Crippen molar-refractivity contribution >= 4 is 0 Å². The summed E-state index contributed by atoms with van der Waals surface area (Å²) in [5, 5.41) is 0. The molecule has 1 aromatic carbocycles. The lowest BCUT2D eigenvalue weighted by Crippen LogP contribution is -2.29. The van der Waals surface area contributed by atoms with E-state index in [1.165, 1.54) is 33.4 Å². The van der Waals surface area contributed by atoms with Crippen LogP contribution in [0, 0.1) is 25.2 Å². The van der Waals surface area contributed by atoms with Crippen LogP contribution in [0.1, 0.15) is 77.1 Å². The molecular formula is C26H42. The predicted molar refractivity (Wildman–Crippen MR) is 121 cm³/mol. The van der Waals surface area contributed by atoms with Crippen molar-refractivity contribution in [1.82, 2.24) is 0 Å². The monoisotopic (exact) mass is 354 g/mol. The molecule has 0 heteroatoms. The fourth-order valence-electron chi connectivity index (χ4n) is 3.52. The normalized spacial score (nSPS) is 17.6. The molecule has 1 aliphatic carbocycles. The Balaban J connectivity index is 0.00000146. The van der Waals surface area contributed by atoms with Crippen molar-refractivity contribution in [3.8, 4) is 0 Å². The third-order valence-corrected chi connectivity index (χ3v) is 5.10. The van der Waals surface area contributed by atoms with E-state index in [0.717, 1.165) is 19.3 Å². The number of benzene rings is 1. The van der Waals surface area contributed by atoms with Gasteiger partial charge in [0.15, 0.2) is 0 Å². The van der Waals surface area contributed by atoms with Crippen molar-refractivity contribution in [2.45, 2.75) is 81.6 Å². The molecule has 1 aliphatic rings. The van der Waals surface area contributed by atoms with Crippen LogP contribution in [0.3, 0.4) is 0 Å². The van der Waals surface area contributed by atoms with E-state index >= 15 is 0 Å². The first-order valence-electron chi connectivity index (χ1n) is 10.3. The second-order valence-corrected chi connectivity index (χ2v) is 7.77. The fourth-order valence-corrected chi connectivity index (χ4v) is 3.52. The summed E-state index contributed by atoms with van der Waals surface area (Å²) in [5.74, 6) is 0.517. The first-order chi connectivity index (χ1) is 12.2. The first kappa shape index (κ1) is 24.4. The molecule has 0 heterocycles. The van der Waals surface area contributed by atoms with Gasteiger partial charge >= 0.3 is 0 Å². The molecule has 0 aromatic heterocycles. The van der Waals surface area contributed by atoms with Gasteiger partial charge in [0.1, 0.15) is 0 Å². The van der Waals surface area contributed by atoms with Crippen LogP contribution in [0.4, 0.5) is 0 Å². The Morgan fingerprint density at radius 2 is 1.54 bits per heavy atom. The van der Waals surface area contributed by atoms with Crippen molar-refractivity contribution in [2.24, 2.45) is 11.3 Å². The third-order valence-electron chi connectivity index (χ3n) is 5.10. The molecule has 0 aliphatic heterocycles. The summed E-state index contributed by atoms with van der Waals surface area (Å²) in [7, 11) is 0. The molecule has 26 heavy (non-hydrogen) atoms. The van der Waals surface area contributed by atoms with Crippen molar-refractivity contribution in [3.63, 3.8) is 0 Å². The lowest BCUT2D eigenvalue weighted by molar-refractivity contribution is 0.245. The Morgan fingerprint density at radius 3 is 2.00 bits per heavy atom. The summed E-state index contributed by atoms with van der Waals surface area (Å²) in [4.78, 5) is 0. The van der Waals surface area contributed by atoms with Gasteiger partial charge in [0.05, 0.1) is 0 Å². The average molecular weight is 355 g/mol. The summed E-state index contributed by atoms with van der Waals surface area (Å²) >= 11 is 0. The molecule has 0 radical (unpaired) electrons. The summed E-state index contributed by atoms with van der Waals surface area (Å²) < 4.78 is 0. The standard InChI is InChI=1S/C22H30.2C2H6/c1-15(2)11-19-12-17(4)18(5)13-20(19)14-21-16(3)9-8-10-22(21,6)7;2*1-2/h8-9,12-13,21H,1,3,10-11,14H2,2,4-7H3;2*1-2H3. The molecule has 1 atom stereocenters. The van der Waals surface area contributed by atoms with Gasteiger partial charge in [0.2, 0.25) is 0 Å². The minimum absolute atomic E-state index is 0.283. The third kappa shape index (κ3) is 6.63. The molecule has 1 aromatic rings. The molecule has 0 saturated carbocycles. The molecule has 0 nitrogen and oxygen atoms in total. The van der Waals surface area contributed by atoms with Crippen LogP contribution in [0.2, 0.25) is 0 Å². The van der Waals surface area contributed by atoms with Crippen molar-refractivity contribution in [3.05, 3.63) is 70.8 Å². The summed E-state index contributed by atoms with van der Waals surface area (Å²) in [6.07, 6.45) is 7.69. The van der Waals surface area contributed by atoms with E-state index < -0.39 is 0 Å². The van der Waals surface area contributed by atoms with Gasteiger partial charge in [0.25, 0.3) is 0 Å². The van der Waals surface area contributed by atoms with Gasteiger partial charge in [-0.05, 0) is 73.6 Å². The van der Waals surface area contributed by atoms with E-state index in [9.17, 15) is 0 Å². The van der Waals surface area contributed by atoms with Gasteiger partial charge in [-0.1, -0.05) is 90.1 Å². The minimum Gasteiger partial charge on any atom is -0.0998 e. The van der Waals surface area contributed by atoms with E-state index in [4.69, 9.17) is 0 Å². The zero-order chi connectivity index (χ0) is 20.5. The van der Waals surface area contributed by atoms with Crippen LogP contribution < -0.4 is 0 Å². The summed E-state index contributed by atoms with van der Waals surface area (Å²) in [5.41, 5.74) is 8.46. The molecule has 0 saturated heterocycles. The Morgan fingerprint density at radius 1 is 1.04 bits per heavy atom. The van der Waals surface area contributed by atoms with Gasteiger partial charge in [-0.15, -0.1) is 0 Å². The highest BCUT2D eigenvalue weighted by Crippen LogP contribution is 2.42. The largest absolute Gasteiger partial charge is 0.0998 e. The Labute approximate surface area is 164 Å². The van der Waals surface area contributed by atoms with E-state index in [2.05, 4.69) is 72.1 Å². The molecule has 0 spiro atoms. The van der Waals surface area contributed by atoms with E-state index in [0.29, 0.717) is 5.92 Å². The number of rotatable bonds is 4. The van der Waals surface area contributed by atoms with Crippen LogP contribution >= 0.6 is 0 Å². The van der Waals surface area contributed by atoms with Crippen molar-refractivity contribution < 1.29 is 0 Å². The fraction of sp³-hybridized carbons (Fsp3) is 0.538. The van der Waals surface area contributed by atoms with Crippen molar-refractivity contribution in [1.29, 1.82) is 0 Å². The molecule has 146 valence electrons. The van der Waals surface area contributed by atoms with Crippen LogP contribution in [0.15, 0.2) is 48.6 Å². The Hall–Kier alpha value is -1.56. The zero-order valence-electron chi connectivity index (χ0n) is 18.9. The number of aryl methyl sites for hydroxylation is 2. The van der Waals surface area contributed by atoms with E-state index in [-0.39, 0.29) is 5.41 Å². The van der Waals surface area contributed by atoms with Crippen LogP contribution in [-0.4, -0.2) is 0 Å². The second-order valence-electron chi connectivity index (χ2n) is 7.77. The summed E-state index contributed by atoms with van der Waals surface area (Å²) in [6.45, 7) is 27.7. The smallest absolute Gasteiger partial charge is 0.00697 e. The first-order valence-corrected chi connectivity index (χ1v) is 10.3. The highest BCUT2D eigenvalue weighted by atomic mass is 14.4. The molecule has 0 amide bonds. The SMILES string of the molecule is C=C(C)Cc1cc(C)c(C)cc1CC1C(=C)C=CCC1(C)C.CC.CC. The molecular weight excluding hydrogens is 312 g/mol. The Bertz CT molecular complexity index is 626. The zero-order valence-corrected chi connectivity index (χ0v) is 18.9. The van der Waals surface area contributed by atoms with Gasteiger partial charge < -0.3 is 0 Å². The maximum Gasteiger partial charge on any atom is -0.00697 e. The predicted octanol–water partition coefficient (Wildman–Crippen LogP) is 8.18. The highest BCUT2D eigenvalue weighted by Gasteiger charge is 2.32. The molecule has 0 fully saturated rings. The maximum atomic E-state index is 4.31. The molecule has 0 bridgehead atoms. The van der Waals surface area contributed by atoms with Crippen molar-refractivity contribution in [2.75, 3.05) is 0 Å². The van der Waals surface area contributed by atoms with Crippen LogP contribution in [0.25, 0.3) is 0 Å². The van der Waals surface area contributed by atoms with Gasteiger partial charge in [-0.25, -0.2) is 0 Å². The minimum atomic E-state index is 0.283. The summed E-state index contributed by atoms with van der Waals surface area (Å²) in [6, 6.07) is 4.74. The van der Waals surface area contributed by atoms with E-state index in [1.807, 2.05) is 27.7 Å². The Kier molecular flexibility index (Phi) is 10.5. The van der Waals surface area contributed by atoms with Gasteiger partial charge in [0, 0.05) is 0 Å².